The minimum atomic E-state index is 0. The summed E-state index contributed by atoms with van der Waals surface area (Å²) in [4.78, 5) is 11.7. The Morgan fingerprint density at radius 2 is 2.08 bits per heavy atom. The maximum Gasteiger partial charge on any atom is 0.104 e. The van der Waals surface area contributed by atoms with Crippen LogP contribution < -0.4 is 34.7 Å². The Labute approximate surface area is 88.0 Å². The van der Waals surface area contributed by atoms with Gasteiger partial charge in [-0.3, -0.25) is 0 Å². The molecule has 0 aliphatic carbocycles. The van der Waals surface area contributed by atoms with E-state index in [1.807, 2.05) is 36.5 Å². The van der Waals surface area contributed by atoms with E-state index in [2.05, 4.69) is 5.43 Å². The van der Waals surface area contributed by atoms with E-state index < -0.39 is 0 Å². The van der Waals surface area contributed by atoms with Gasteiger partial charge in [0.25, 0.3) is 0 Å². The van der Waals surface area contributed by atoms with E-state index in [1.54, 1.807) is 11.5 Å². The monoisotopic (exact) mass is 279 g/mol. The van der Waals surface area contributed by atoms with Crippen molar-refractivity contribution >= 4 is 0 Å². The van der Waals surface area contributed by atoms with Gasteiger partial charge in [0.1, 0.15) is 5.29 Å². The second-order valence-electron chi connectivity index (χ2n) is 2.19. The summed E-state index contributed by atoms with van der Waals surface area (Å²) in [6, 6.07) is 0. The first kappa shape index (κ1) is 11.2. The summed E-state index contributed by atoms with van der Waals surface area (Å²) in [6.45, 7) is 0. The Morgan fingerprint density at radius 3 is 2.58 bits per heavy atom. The smallest absolute Gasteiger partial charge is 0.104 e. The Balaban J connectivity index is 0.00000121. The minimum absolute atomic E-state index is 0. The Kier molecular flexibility index (Phi) is 5.35. The highest BCUT2D eigenvalue weighted by Crippen LogP contribution is 2.05. The molecule has 1 aliphatic rings. The molecule has 0 radical (unpaired) electrons. The standard InChI is InChI=1S/C7H9N3O.HI/c1-10-4-2-7(3-5-10)6-8-9-11;/h2-6H,1H3,(H,8,11);1H. The van der Waals surface area contributed by atoms with Gasteiger partial charge in [-0.25, -0.2) is 0 Å². The molecule has 1 heterocycles. The molecule has 0 saturated carbocycles. The Morgan fingerprint density at radius 1 is 1.50 bits per heavy atom. The molecule has 0 atom stereocenters. The third-order valence-electron chi connectivity index (χ3n) is 1.30. The summed E-state index contributed by atoms with van der Waals surface area (Å²) in [7, 11) is 1.93. The van der Waals surface area contributed by atoms with Gasteiger partial charge >= 0.3 is 0 Å². The molecule has 0 bridgehead atoms. The summed E-state index contributed by atoms with van der Waals surface area (Å²) in [5.74, 6) is 0. The van der Waals surface area contributed by atoms with Crippen LogP contribution in [0.1, 0.15) is 0 Å². The molecule has 66 valence electrons. The molecule has 0 aromatic heterocycles. The molecule has 0 fully saturated rings. The number of rotatable bonds is 2. The van der Waals surface area contributed by atoms with E-state index in [1.165, 1.54) is 0 Å². The molecule has 0 saturated heterocycles. The van der Waals surface area contributed by atoms with Crippen LogP contribution in [0.4, 0.5) is 0 Å². The lowest BCUT2D eigenvalue weighted by Crippen LogP contribution is -3.00. The number of halogens is 1. The summed E-state index contributed by atoms with van der Waals surface area (Å²) in [5, 5.41) is 1.57. The predicted octanol–water partition coefficient (Wildman–Crippen LogP) is -3.80. The number of nitrogens with one attached hydrogen (secondary N) is 2. The molecule has 0 aromatic carbocycles. The fourth-order valence-corrected chi connectivity index (χ4v) is 0.722. The number of nitroso groups, excluding NO2 is 1. The molecule has 0 spiro atoms. The van der Waals surface area contributed by atoms with E-state index >= 15 is 0 Å². The van der Waals surface area contributed by atoms with Crippen molar-refractivity contribution in [2.45, 2.75) is 0 Å². The van der Waals surface area contributed by atoms with Crippen molar-refractivity contribution in [3.8, 4) is 0 Å². The van der Waals surface area contributed by atoms with Crippen LogP contribution >= 0.6 is 0 Å². The zero-order valence-corrected chi connectivity index (χ0v) is 8.78. The minimum Gasteiger partial charge on any atom is -1.00 e. The third kappa shape index (κ3) is 3.51. The van der Waals surface area contributed by atoms with Crippen LogP contribution in [0.2, 0.25) is 0 Å². The SMILES string of the molecule is CN1C=CC(=CN[NH+]=O)C=C1.[I-]. The lowest BCUT2D eigenvalue weighted by atomic mass is 10.2. The van der Waals surface area contributed by atoms with E-state index in [-0.39, 0.29) is 24.0 Å². The van der Waals surface area contributed by atoms with Crippen LogP contribution in [0.25, 0.3) is 0 Å². The molecular weight excluding hydrogens is 269 g/mol. The highest BCUT2D eigenvalue weighted by molar-refractivity contribution is 5.32. The topological polar surface area (TPSA) is 46.3 Å². The van der Waals surface area contributed by atoms with E-state index in [9.17, 15) is 4.91 Å². The fraction of sp³-hybridized carbons (Fsp3) is 0.143. The second kappa shape index (κ2) is 5.76. The van der Waals surface area contributed by atoms with Gasteiger partial charge in [0.15, 0.2) is 0 Å². The highest BCUT2D eigenvalue weighted by Gasteiger charge is 1.94. The number of allylic oxidation sites excluding steroid dienone is 3. The number of nitrogens with zero attached hydrogens (tertiary/aromatic N) is 1. The molecular formula is C7H10IN3O. The molecule has 1 aliphatic heterocycles. The highest BCUT2D eigenvalue weighted by atomic mass is 127. The number of hydrogen-bond acceptors (Lipinski definition) is 2. The molecule has 1 rings (SSSR count). The van der Waals surface area contributed by atoms with Gasteiger partial charge in [0.05, 0.1) is 6.20 Å². The van der Waals surface area contributed by atoms with Crippen LogP contribution in [0.5, 0.6) is 0 Å². The van der Waals surface area contributed by atoms with Crippen molar-refractivity contribution in [2.75, 3.05) is 7.05 Å². The fourth-order valence-electron chi connectivity index (χ4n) is 0.722. The van der Waals surface area contributed by atoms with Gasteiger partial charge in [-0.1, -0.05) is 0 Å². The largest absolute Gasteiger partial charge is 1.00 e. The molecule has 0 aromatic rings. The molecule has 12 heavy (non-hydrogen) atoms. The number of hydrogen-bond donors (Lipinski definition) is 2. The third-order valence-corrected chi connectivity index (χ3v) is 1.30. The summed E-state index contributed by atoms with van der Waals surface area (Å²) < 4.78 is 0. The number of hydrazine groups is 1. The predicted molar refractivity (Wildman–Crippen MR) is 41.6 cm³/mol. The quantitative estimate of drug-likeness (QED) is 0.402. The molecule has 0 unspecified atom stereocenters. The van der Waals surface area contributed by atoms with Crippen LogP contribution in [0, 0.1) is 4.91 Å². The first-order valence-corrected chi connectivity index (χ1v) is 3.24. The van der Waals surface area contributed by atoms with Gasteiger partial charge in [0, 0.05) is 24.4 Å². The van der Waals surface area contributed by atoms with Crippen molar-refractivity contribution in [3.63, 3.8) is 0 Å². The average Bonchev–Trinajstić information content (AvgIpc) is 2.04. The lowest BCUT2D eigenvalue weighted by molar-refractivity contribution is -0.536. The molecule has 5 heteroatoms. The van der Waals surface area contributed by atoms with Gasteiger partial charge in [-0.15, -0.1) is 5.43 Å². The van der Waals surface area contributed by atoms with Crippen LogP contribution in [0.15, 0.2) is 36.3 Å². The van der Waals surface area contributed by atoms with Crippen molar-refractivity contribution < 1.29 is 29.3 Å². The second-order valence-corrected chi connectivity index (χ2v) is 2.19. The maximum absolute atomic E-state index is 9.77. The van der Waals surface area contributed by atoms with Gasteiger partial charge in [-0.05, 0) is 17.7 Å². The Bertz CT molecular complexity index is 219. The van der Waals surface area contributed by atoms with Crippen molar-refractivity contribution in [2.24, 2.45) is 0 Å². The first-order valence-electron chi connectivity index (χ1n) is 3.24. The molecule has 4 nitrogen and oxygen atoms in total. The Hall–Kier alpha value is -0.850. The van der Waals surface area contributed by atoms with Gasteiger partial charge in [0.2, 0.25) is 0 Å². The van der Waals surface area contributed by atoms with Crippen LogP contribution in [0.3, 0.4) is 0 Å². The van der Waals surface area contributed by atoms with E-state index in [4.69, 9.17) is 0 Å². The van der Waals surface area contributed by atoms with E-state index in [0.717, 1.165) is 5.57 Å². The van der Waals surface area contributed by atoms with Crippen molar-refractivity contribution in [1.29, 1.82) is 0 Å². The zero-order chi connectivity index (χ0) is 8.10. The van der Waals surface area contributed by atoms with Gasteiger partial charge < -0.3 is 28.9 Å². The van der Waals surface area contributed by atoms with Crippen LogP contribution in [-0.2, 0) is 0 Å². The van der Waals surface area contributed by atoms with Crippen LogP contribution in [-0.4, -0.2) is 11.9 Å². The summed E-state index contributed by atoms with van der Waals surface area (Å²) in [6.07, 6.45) is 9.18. The normalized spacial score (nSPS) is 13.8. The summed E-state index contributed by atoms with van der Waals surface area (Å²) >= 11 is 0. The molecule has 2 N–H and O–H groups in total. The van der Waals surface area contributed by atoms with Gasteiger partial charge in [-0.2, -0.15) is 0 Å². The molecule has 0 amide bonds. The summed E-state index contributed by atoms with van der Waals surface area (Å²) in [5.41, 5.74) is 3.29. The van der Waals surface area contributed by atoms with E-state index in [0.29, 0.717) is 0 Å². The first-order chi connectivity index (χ1) is 5.33. The maximum atomic E-state index is 9.77. The zero-order valence-electron chi connectivity index (χ0n) is 6.62. The lowest BCUT2D eigenvalue weighted by Gasteiger charge is -2.10. The average molecular weight is 279 g/mol. The van der Waals surface area contributed by atoms with Crippen molar-refractivity contribution in [3.05, 3.63) is 41.2 Å². The van der Waals surface area contributed by atoms with Crippen molar-refractivity contribution in [1.82, 2.24) is 10.3 Å².